The van der Waals surface area contributed by atoms with E-state index in [4.69, 9.17) is 5.84 Å². The molecule has 90 valence electrons. The molecule has 3 nitrogen and oxygen atoms in total. The lowest BCUT2D eigenvalue weighted by Gasteiger charge is -2.29. The van der Waals surface area contributed by atoms with Gasteiger partial charge >= 0.3 is 0 Å². The minimum atomic E-state index is 0.847. The summed E-state index contributed by atoms with van der Waals surface area (Å²) in [6.07, 6.45) is 5.35. The zero-order chi connectivity index (χ0) is 11.1. The van der Waals surface area contributed by atoms with E-state index in [1.807, 2.05) is 5.01 Å². The molecule has 1 aliphatic heterocycles. The molecule has 2 N–H and O–H groups in total. The van der Waals surface area contributed by atoms with Crippen LogP contribution in [0.3, 0.4) is 0 Å². The number of hydrazine groups is 1. The van der Waals surface area contributed by atoms with Crippen molar-refractivity contribution >= 4 is 0 Å². The SMILES string of the molecule is CCN(CC)CCCC1CCCN(N)C1. The zero-order valence-corrected chi connectivity index (χ0v) is 10.4. The molecule has 1 unspecified atom stereocenters. The minimum Gasteiger partial charge on any atom is -0.304 e. The van der Waals surface area contributed by atoms with Crippen LogP contribution in [0.1, 0.15) is 39.5 Å². The van der Waals surface area contributed by atoms with Gasteiger partial charge in [-0.1, -0.05) is 13.8 Å². The average Bonchev–Trinajstić information content (AvgIpc) is 2.25. The Labute approximate surface area is 94.6 Å². The van der Waals surface area contributed by atoms with Crippen molar-refractivity contribution in [3.63, 3.8) is 0 Å². The Morgan fingerprint density at radius 3 is 2.67 bits per heavy atom. The van der Waals surface area contributed by atoms with E-state index < -0.39 is 0 Å². The maximum atomic E-state index is 5.83. The minimum absolute atomic E-state index is 0.847. The second-order valence-electron chi connectivity index (χ2n) is 4.67. The van der Waals surface area contributed by atoms with Crippen LogP contribution >= 0.6 is 0 Å². The Kier molecular flexibility index (Phi) is 6.22. The largest absolute Gasteiger partial charge is 0.304 e. The third kappa shape index (κ3) is 4.96. The predicted octanol–water partition coefficient (Wildman–Crippen LogP) is 1.69. The highest BCUT2D eigenvalue weighted by Gasteiger charge is 2.17. The van der Waals surface area contributed by atoms with Gasteiger partial charge in [0.05, 0.1) is 0 Å². The standard InChI is InChI=1S/C12H27N3/c1-3-14(4-2)9-5-7-12-8-6-10-15(13)11-12/h12H,3-11,13H2,1-2H3. The van der Waals surface area contributed by atoms with Crippen LogP contribution in [0.5, 0.6) is 0 Å². The number of nitrogens with two attached hydrogens (primary N) is 1. The monoisotopic (exact) mass is 213 g/mol. The first kappa shape index (κ1) is 12.9. The number of piperidine rings is 1. The summed E-state index contributed by atoms with van der Waals surface area (Å²) in [5.74, 6) is 6.68. The van der Waals surface area contributed by atoms with E-state index in [0.717, 1.165) is 19.0 Å². The van der Waals surface area contributed by atoms with E-state index in [2.05, 4.69) is 18.7 Å². The van der Waals surface area contributed by atoms with Gasteiger partial charge < -0.3 is 4.90 Å². The maximum Gasteiger partial charge on any atom is 0.0156 e. The van der Waals surface area contributed by atoms with Crippen molar-refractivity contribution in [2.45, 2.75) is 39.5 Å². The molecular weight excluding hydrogens is 186 g/mol. The van der Waals surface area contributed by atoms with E-state index >= 15 is 0 Å². The van der Waals surface area contributed by atoms with E-state index in [-0.39, 0.29) is 0 Å². The van der Waals surface area contributed by atoms with Gasteiger partial charge in [-0.15, -0.1) is 0 Å². The maximum absolute atomic E-state index is 5.83. The van der Waals surface area contributed by atoms with Crippen molar-refractivity contribution in [1.82, 2.24) is 9.91 Å². The van der Waals surface area contributed by atoms with Gasteiger partial charge in [0.25, 0.3) is 0 Å². The highest BCUT2D eigenvalue weighted by molar-refractivity contribution is 4.70. The molecule has 1 heterocycles. The van der Waals surface area contributed by atoms with Crippen LogP contribution in [0.25, 0.3) is 0 Å². The van der Waals surface area contributed by atoms with Gasteiger partial charge in [-0.05, 0) is 51.2 Å². The summed E-state index contributed by atoms with van der Waals surface area (Å²) in [4.78, 5) is 2.50. The number of nitrogens with zero attached hydrogens (tertiary/aromatic N) is 2. The molecule has 1 rings (SSSR count). The summed E-state index contributed by atoms with van der Waals surface area (Å²) in [7, 11) is 0. The molecular formula is C12H27N3. The summed E-state index contributed by atoms with van der Waals surface area (Å²) in [6, 6.07) is 0. The van der Waals surface area contributed by atoms with Gasteiger partial charge in [-0.2, -0.15) is 0 Å². The first-order valence-electron chi connectivity index (χ1n) is 6.48. The third-order valence-corrected chi connectivity index (χ3v) is 3.53. The van der Waals surface area contributed by atoms with Crippen molar-refractivity contribution in [2.75, 3.05) is 32.7 Å². The first-order chi connectivity index (χ1) is 7.26. The van der Waals surface area contributed by atoms with Gasteiger partial charge in [-0.3, -0.25) is 5.84 Å². The third-order valence-electron chi connectivity index (χ3n) is 3.53. The molecule has 0 saturated carbocycles. The quantitative estimate of drug-likeness (QED) is 0.682. The Morgan fingerprint density at radius 2 is 2.07 bits per heavy atom. The lowest BCUT2D eigenvalue weighted by Crippen LogP contribution is -2.40. The summed E-state index contributed by atoms with van der Waals surface area (Å²) in [6.45, 7) is 10.3. The fraction of sp³-hybridized carbons (Fsp3) is 1.00. The van der Waals surface area contributed by atoms with E-state index in [9.17, 15) is 0 Å². The highest BCUT2D eigenvalue weighted by atomic mass is 15.4. The summed E-state index contributed by atoms with van der Waals surface area (Å²) >= 11 is 0. The van der Waals surface area contributed by atoms with Crippen LogP contribution in [-0.4, -0.2) is 42.6 Å². The molecule has 0 aliphatic carbocycles. The fourth-order valence-corrected chi connectivity index (χ4v) is 2.48. The second-order valence-corrected chi connectivity index (χ2v) is 4.67. The first-order valence-corrected chi connectivity index (χ1v) is 6.48. The molecule has 1 aliphatic rings. The van der Waals surface area contributed by atoms with Crippen molar-refractivity contribution in [3.05, 3.63) is 0 Å². The summed E-state index contributed by atoms with van der Waals surface area (Å²) in [5, 5.41) is 1.99. The van der Waals surface area contributed by atoms with Crippen molar-refractivity contribution < 1.29 is 0 Å². The van der Waals surface area contributed by atoms with Crippen LogP contribution in [0.15, 0.2) is 0 Å². The molecule has 0 bridgehead atoms. The lowest BCUT2D eigenvalue weighted by molar-refractivity contribution is 0.165. The van der Waals surface area contributed by atoms with E-state index in [1.54, 1.807) is 0 Å². The van der Waals surface area contributed by atoms with Crippen molar-refractivity contribution in [3.8, 4) is 0 Å². The lowest BCUT2D eigenvalue weighted by atomic mass is 9.94. The van der Waals surface area contributed by atoms with Gasteiger partial charge in [0.2, 0.25) is 0 Å². The van der Waals surface area contributed by atoms with Gasteiger partial charge in [0, 0.05) is 13.1 Å². The number of hydrogen-bond donors (Lipinski definition) is 1. The molecule has 0 aromatic carbocycles. The van der Waals surface area contributed by atoms with Crippen molar-refractivity contribution in [1.29, 1.82) is 0 Å². The Balaban J connectivity index is 2.08. The van der Waals surface area contributed by atoms with E-state index in [1.165, 1.54) is 45.3 Å². The Hall–Kier alpha value is -0.120. The molecule has 0 amide bonds. The average molecular weight is 213 g/mol. The highest BCUT2D eigenvalue weighted by Crippen LogP contribution is 2.19. The molecule has 1 atom stereocenters. The smallest absolute Gasteiger partial charge is 0.0156 e. The molecule has 1 saturated heterocycles. The second kappa shape index (κ2) is 7.20. The number of hydrogen-bond acceptors (Lipinski definition) is 3. The molecule has 1 fully saturated rings. The topological polar surface area (TPSA) is 32.5 Å². The Bertz CT molecular complexity index is 157. The van der Waals surface area contributed by atoms with Crippen molar-refractivity contribution in [2.24, 2.45) is 11.8 Å². The summed E-state index contributed by atoms with van der Waals surface area (Å²) < 4.78 is 0. The molecule has 0 radical (unpaired) electrons. The fourth-order valence-electron chi connectivity index (χ4n) is 2.48. The van der Waals surface area contributed by atoms with Crippen LogP contribution in [0.2, 0.25) is 0 Å². The predicted molar refractivity (Wildman–Crippen MR) is 65.5 cm³/mol. The van der Waals surface area contributed by atoms with Gasteiger partial charge in [0.15, 0.2) is 0 Å². The normalized spacial score (nSPS) is 23.6. The number of rotatable bonds is 6. The molecule has 0 aromatic rings. The molecule has 3 heteroatoms. The van der Waals surface area contributed by atoms with Crippen LogP contribution in [-0.2, 0) is 0 Å². The zero-order valence-electron chi connectivity index (χ0n) is 10.4. The molecule has 0 spiro atoms. The van der Waals surface area contributed by atoms with Gasteiger partial charge in [-0.25, -0.2) is 5.01 Å². The summed E-state index contributed by atoms with van der Waals surface area (Å²) in [5.41, 5.74) is 0. The Morgan fingerprint density at radius 1 is 1.33 bits per heavy atom. The van der Waals surface area contributed by atoms with E-state index in [0.29, 0.717) is 0 Å². The molecule has 15 heavy (non-hydrogen) atoms. The van der Waals surface area contributed by atoms with Crippen LogP contribution in [0, 0.1) is 5.92 Å². The van der Waals surface area contributed by atoms with Crippen LogP contribution in [0.4, 0.5) is 0 Å². The van der Waals surface area contributed by atoms with Gasteiger partial charge in [0.1, 0.15) is 0 Å². The molecule has 0 aromatic heterocycles. The van der Waals surface area contributed by atoms with Crippen LogP contribution < -0.4 is 5.84 Å².